The summed E-state index contributed by atoms with van der Waals surface area (Å²) in [5.41, 5.74) is 0. The van der Waals surface area contributed by atoms with Crippen molar-refractivity contribution in [2.24, 2.45) is 11.8 Å². The Morgan fingerprint density at radius 3 is 2.33 bits per heavy atom. The number of rotatable bonds is 7. The Morgan fingerprint density at radius 2 is 1.76 bits per heavy atom. The first-order valence-corrected chi connectivity index (χ1v) is 8.90. The highest BCUT2D eigenvalue weighted by Crippen LogP contribution is 2.18. The third-order valence-electron chi connectivity index (χ3n) is 4.13. The number of piperidine rings is 1. The minimum atomic E-state index is 0.0763. The summed E-state index contributed by atoms with van der Waals surface area (Å²) in [6.07, 6.45) is 6.86. The third kappa shape index (κ3) is 8.49. The molecule has 1 fully saturated rings. The average molecular weight is 293 g/mol. The number of nitrogens with zero attached hydrogens (tertiary/aromatic N) is 1. The van der Waals surface area contributed by atoms with E-state index in [0.29, 0.717) is 12.0 Å². The van der Waals surface area contributed by atoms with Crippen molar-refractivity contribution in [3.05, 3.63) is 0 Å². The molecule has 1 aliphatic rings. The quantitative estimate of drug-likeness (QED) is 0.647. The van der Waals surface area contributed by atoms with Gasteiger partial charge in [-0.15, -0.1) is 0 Å². The Balaban J connectivity index is 2.21. The summed E-state index contributed by atoms with van der Waals surface area (Å²) in [6.45, 7) is 14.6. The second-order valence-corrected chi connectivity index (χ2v) is 6.97. The van der Waals surface area contributed by atoms with Crippen LogP contribution in [0.1, 0.15) is 66.7 Å². The molecule has 0 aromatic heterocycles. The summed E-state index contributed by atoms with van der Waals surface area (Å²) in [5.74, 6) is 7.68. The van der Waals surface area contributed by atoms with Crippen LogP contribution in [0.2, 0.25) is 0 Å². The smallest absolute Gasteiger partial charge is 0.115 e. The summed E-state index contributed by atoms with van der Waals surface area (Å²) in [5, 5.41) is 0. The van der Waals surface area contributed by atoms with Crippen LogP contribution in [0.5, 0.6) is 0 Å². The summed E-state index contributed by atoms with van der Waals surface area (Å²) in [7, 11) is 0. The van der Waals surface area contributed by atoms with Crippen molar-refractivity contribution >= 4 is 0 Å². The van der Waals surface area contributed by atoms with E-state index in [-0.39, 0.29) is 6.10 Å². The Labute approximate surface area is 132 Å². The molecule has 0 aromatic carbocycles. The zero-order valence-corrected chi connectivity index (χ0v) is 14.8. The molecule has 2 heteroatoms. The Bertz CT molecular complexity index is 320. The van der Waals surface area contributed by atoms with Crippen molar-refractivity contribution in [3.63, 3.8) is 0 Å². The fourth-order valence-electron chi connectivity index (χ4n) is 2.92. The molecule has 1 unspecified atom stereocenters. The Kier molecular flexibility index (Phi) is 9.04. The molecule has 0 bridgehead atoms. The Hall–Kier alpha value is -0.520. The van der Waals surface area contributed by atoms with E-state index in [2.05, 4.69) is 51.4 Å². The fourth-order valence-corrected chi connectivity index (χ4v) is 2.92. The van der Waals surface area contributed by atoms with Gasteiger partial charge in [0.1, 0.15) is 6.10 Å². The van der Waals surface area contributed by atoms with E-state index in [1.54, 1.807) is 0 Å². The van der Waals surface area contributed by atoms with Crippen molar-refractivity contribution in [3.8, 4) is 11.8 Å². The molecule has 1 rings (SSSR count). The lowest BCUT2D eigenvalue weighted by atomic mass is 10.0. The van der Waals surface area contributed by atoms with Gasteiger partial charge < -0.3 is 9.64 Å². The molecule has 122 valence electrons. The maximum Gasteiger partial charge on any atom is 0.115 e. The molecule has 0 aliphatic carbocycles. The second-order valence-electron chi connectivity index (χ2n) is 6.97. The van der Waals surface area contributed by atoms with Crippen molar-refractivity contribution in [1.29, 1.82) is 0 Å². The molecule has 2 nitrogen and oxygen atoms in total. The summed E-state index contributed by atoms with van der Waals surface area (Å²) < 4.78 is 6.06. The molecule has 21 heavy (non-hydrogen) atoms. The standard InChI is InChI=1S/C19H35NO/c1-6-7-8-17(4)15-20-13-11-19(12-14-20)21-18(5)10-9-16(2)3/h16-19H,6-8,11-15H2,1-5H3/t17?,18-/m0/s1. The van der Waals surface area contributed by atoms with E-state index in [1.807, 2.05) is 0 Å². The molecule has 0 radical (unpaired) electrons. The zero-order chi connectivity index (χ0) is 15.7. The Morgan fingerprint density at radius 1 is 1.10 bits per heavy atom. The molecule has 1 heterocycles. The fraction of sp³-hybridized carbons (Fsp3) is 0.895. The number of ether oxygens (including phenoxy) is 1. The first-order chi connectivity index (χ1) is 10.0. The molecular weight excluding hydrogens is 258 g/mol. The van der Waals surface area contributed by atoms with Gasteiger partial charge in [-0.2, -0.15) is 0 Å². The minimum Gasteiger partial charge on any atom is -0.362 e. The first-order valence-electron chi connectivity index (χ1n) is 8.90. The van der Waals surface area contributed by atoms with Gasteiger partial charge in [-0.1, -0.05) is 52.4 Å². The van der Waals surface area contributed by atoms with E-state index in [1.165, 1.54) is 38.9 Å². The van der Waals surface area contributed by atoms with Crippen LogP contribution in [0.3, 0.4) is 0 Å². The average Bonchev–Trinajstić information content (AvgIpc) is 2.45. The highest BCUT2D eigenvalue weighted by Gasteiger charge is 2.21. The van der Waals surface area contributed by atoms with E-state index < -0.39 is 0 Å². The van der Waals surface area contributed by atoms with E-state index in [0.717, 1.165) is 18.8 Å². The van der Waals surface area contributed by atoms with Gasteiger partial charge in [0.2, 0.25) is 0 Å². The van der Waals surface area contributed by atoms with Crippen molar-refractivity contribution in [2.45, 2.75) is 78.9 Å². The molecule has 0 aromatic rings. The summed E-state index contributed by atoms with van der Waals surface area (Å²) in [4.78, 5) is 2.62. The maximum absolute atomic E-state index is 6.06. The topological polar surface area (TPSA) is 12.5 Å². The summed E-state index contributed by atoms with van der Waals surface area (Å²) in [6, 6.07) is 0. The molecule has 0 N–H and O–H groups in total. The number of hydrogen-bond donors (Lipinski definition) is 0. The lowest BCUT2D eigenvalue weighted by Crippen LogP contribution is -2.40. The van der Waals surface area contributed by atoms with Crippen LogP contribution in [0, 0.1) is 23.7 Å². The second kappa shape index (κ2) is 10.2. The van der Waals surface area contributed by atoms with Crippen molar-refractivity contribution < 1.29 is 4.74 Å². The lowest BCUT2D eigenvalue weighted by Gasteiger charge is -2.34. The maximum atomic E-state index is 6.06. The number of unbranched alkanes of at least 4 members (excludes halogenated alkanes) is 1. The van der Waals surface area contributed by atoms with Gasteiger partial charge in [-0.25, -0.2) is 0 Å². The van der Waals surface area contributed by atoms with Gasteiger partial charge >= 0.3 is 0 Å². The van der Waals surface area contributed by atoms with Crippen LogP contribution in [0.15, 0.2) is 0 Å². The van der Waals surface area contributed by atoms with E-state index in [9.17, 15) is 0 Å². The van der Waals surface area contributed by atoms with Crippen LogP contribution in [0.4, 0.5) is 0 Å². The lowest BCUT2D eigenvalue weighted by molar-refractivity contribution is -0.0140. The van der Waals surface area contributed by atoms with Gasteiger partial charge in [-0.05, 0) is 32.1 Å². The van der Waals surface area contributed by atoms with Crippen LogP contribution < -0.4 is 0 Å². The molecule has 0 saturated carbocycles. The van der Waals surface area contributed by atoms with Crippen LogP contribution in [-0.4, -0.2) is 36.7 Å². The monoisotopic (exact) mass is 293 g/mol. The normalized spacial score (nSPS) is 20.1. The van der Waals surface area contributed by atoms with Crippen LogP contribution in [0.25, 0.3) is 0 Å². The van der Waals surface area contributed by atoms with E-state index in [4.69, 9.17) is 4.74 Å². The van der Waals surface area contributed by atoms with Crippen molar-refractivity contribution in [2.75, 3.05) is 19.6 Å². The zero-order valence-electron chi connectivity index (χ0n) is 14.8. The largest absolute Gasteiger partial charge is 0.362 e. The molecule has 2 atom stereocenters. The van der Waals surface area contributed by atoms with Crippen LogP contribution in [-0.2, 0) is 4.74 Å². The SMILES string of the molecule is CCCCC(C)CN1CCC(O[C@@H](C)C#CC(C)C)CC1. The van der Waals surface area contributed by atoms with Gasteiger partial charge in [0, 0.05) is 25.6 Å². The molecular formula is C19H35NO. The van der Waals surface area contributed by atoms with Gasteiger partial charge in [-0.3, -0.25) is 0 Å². The van der Waals surface area contributed by atoms with E-state index >= 15 is 0 Å². The predicted molar refractivity (Wildman–Crippen MR) is 91.3 cm³/mol. The molecule has 1 saturated heterocycles. The summed E-state index contributed by atoms with van der Waals surface area (Å²) >= 11 is 0. The van der Waals surface area contributed by atoms with Gasteiger partial charge in [0.25, 0.3) is 0 Å². The van der Waals surface area contributed by atoms with Crippen LogP contribution >= 0.6 is 0 Å². The first kappa shape index (κ1) is 18.5. The minimum absolute atomic E-state index is 0.0763. The number of hydrogen-bond acceptors (Lipinski definition) is 2. The molecule has 0 amide bonds. The highest BCUT2D eigenvalue weighted by atomic mass is 16.5. The predicted octanol–water partition coefficient (Wildman–Crippen LogP) is 4.34. The molecule has 1 aliphatic heterocycles. The molecule has 0 spiro atoms. The van der Waals surface area contributed by atoms with Crippen molar-refractivity contribution in [1.82, 2.24) is 4.90 Å². The highest BCUT2D eigenvalue weighted by molar-refractivity contribution is 5.05. The van der Waals surface area contributed by atoms with Gasteiger partial charge in [0.05, 0.1) is 6.10 Å². The third-order valence-corrected chi connectivity index (χ3v) is 4.13. The number of likely N-dealkylation sites (tertiary alicyclic amines) is 1. The van der Waals surface area contributed by atoms with Gasteiger partial charge in [0.15, 0.2) is 0 Å².